The van der Waals surface area contributed by atoms with Gasteiger partial charge < -0.3 is 33.8 Å². The van der Waals surface area contributed by atoms with E-state index in [-0.39, 0.29) is 25.7 Å². The van der Waals surface area contributed by atoms with Crippen LogP contribution >= 0.6 is 15.6 Å². The van der Waals surface area contributed by atoms with Gasteiger partial charge in [0.1, 0.15) is 19.3 Å². The number of carbonyl (C=O) groups excluding carboxylic acids is 4. The van der Waals surface area contributed by atoms with Crippen LogP contribution in [0.5, 0.6) is 0 Å². The fourth-order valence-corrected chi connectivity index (χ4v) is 9.54. The van der Waals surface area contributed by atoms with Gasteiger partial charge in [-0.2, -0.15) is 0 Å². The topological polar surface area (TPSA) is 237 Å². The van der Waals surface area contributed by atoms with Crippen molar-refractivity contribution in [3.63, 3.8) is 0 Å². The normalized spacial score (nSPS) is 14.9. The molecule has 0 aliphatic carbocycles. The van der Waals surface area contributed by atoms with Crippen molar-refractivity contribution in [1.29, 1.82) is 0 Å². The van der Waals surface area contributed by atoms with Crippen LogP contribution in [0.4, 0.5) is 0 Å². The minimum Gasteiger partial charge on any atom is -0.462 e. The number of unbranched alkanes of at least 4 members (excludes halogenated alkanes) is 26. The molecule has 0 saturated heterocycles. The first-order valence-corrected chi connectivity index (χ1v) is 32.2. The maximum atomic E-state index is 12.9. The number of hydrogen-bond donors (Lipinski definition) is 3. The van der Waals surface area contributed by atoms with Crippen LogP contribution in [0.25, 0.3) is 0 Å². The Morgan fingerprint density at radius 2 is 0.649 bits per heavy atom. The van der Waals surface area contributed by atoms with Crippen molar-refractivity contribution in [2.45, 2.75) is 284 Å². The average molecular weight is 1100 g/mol. The van der Waals surface area contributed by atoms with Crippen LogP contribution in [-0.4, -0.2) is 96.7 Å². The van der Waals surface area contributed by atoms with Crippen molar-refractivity contribution in [2.24, 2.45) is 5.92 Å². The summed E-state index contributed by atoms with van der Waals surface area (Å²) < 4.78 is 67.2. The number of phosphoric acid groups is 2. The van der Waals surface area contributed by atoms with Crippen LogP contribution in [0.1, 0.15) is 266 Å². The van der Waals surface area contributed by atoms with E-state index in [0.717, 1.165) is 109 Å². The van der Waals surface area contributed by atoms with Gasteiger partial charge in [0.05, 0.1) is 26.4 Å². The molecule has 0 aromatic carbocycles. The third-order valence-corrected chi connectivity index (χ3v) is 14.8. The number of hydrogen-bond acceptors (Lipinski definition) is 15. The zero-order valence-corrected chi connectivity index (χ0v) is 48.7. The fourth-order valence-electron chi connectivity index (χ4n) is 7.96. The summed E-state index contributed by atoms with van der Waals surface area (Å²) in [5, 5.41) is 10.4. The van der Waals surface area contributed by atoms with E-state index in [0.29, 0.717) is 25.7 Å². The molecule has 0 fully saturated rings. The number of aliphatic hydroxyl groups excluding tert-OH is 1. The molecule has 0 aromatic rings. The molecule has 438 valence electrons. The number of rotatable bonds is 55. The van der Waals surface area contributed by atoms with Gasteiger partial charge in [-0.1, -0.05) is 214 Å². The molecule has 0 spiro atoms. The van der Waals surface area contributed by atoms with Gasteiger partial charge in [-0.25, -0.2) is 9.13 Å². The van der Waals surface area contributed by atoms with Crippen molar-refractivity contribution in [3.05, 3.63) is 0 Å². The lowest BCUT2D eigenvalue weighted by atomic mass is 10.00. The smallest absolute Gasteiger partial charge is 0.462 e. The Bertz CT molecular complexity index is 1470. The van der Waals surface area contributed by atoms with E-state index < -0.39 is 97.5 Å². The highest BCUT2D eigenvalue weighted by molar-refractivity contribution is 7.47. The van der Waals surface area contributed by atoms with Crippen LogP contribution in [0, 0.1) is 5.92 Å². The first-order chi connectivity index (χ1) is 35.6. The Labute approximate surface area is 447 Å². The minimum atomic E-state index is -4.93. The van der Waals surface area contributed by atoms with Gasteiger partial charge in [0, 0.05) is 25.7 Å². The zero-order chi connectivity index (χ0) is 55.0. The van der Waals surface area contributed by atoms with Crippen LogP contribution in [0.2, 0.25) is 0 Å². The summed E-state index contributed by atoms with van der Waals surface area (Å²) in [4.78, 5) is 71.3. The summed E-state index contributed by atoms with van der Waals surface area (Å²) in [6.07, 6.45) is 30.1. The molecule has 0 aliphatic heterocycles. The van der Waals surface area contributed by atoms with E-state index in [4.69, 9.17) is 37.0 Å². The number of aliphatic hydroxyl groups is 1. The fraction of sp³-hybridized carbons (Fsp3) is 0.927. The molecule has 19 heteroatoms. The quantitative estimate of drug-likeness (QED) is 0.0222. The lowest BCUT2D eigenvalue weighted by Gasteiger charge is -2.21. The highest BCUT2D eigenvalue weighted by atomic mass is 31.2. The van der Waals surface area contributed by atoms with Crippen molar-refractivity contribution < 1.29 is 80.2 Å². The summed E-state index contributed by atoms with van der Waals surface area (Å²) >= 11 is 0. The lowest BCUT2D eigenvalue weighted by molar-refractivity contribution is -0.161. The molecule has 0 aromatic heterocycles. The van der Waals surface area contributed by atoms with Crippen LogP contribution in [0.3, 0.4) is 0 Å². The van der Waals surface area contributed by atoms with E-state index in [1.54, 1.807) is 0 Å². The molecule has 3 N–H and O–H groups in total. The Morgan fingerprint density at radius 1 is 0.378 bits per heavy atom. The molecule has 17 nitrogen and oxygen atoms in total. The molecule has 0 rings (SSSR count). The molecular weight excluding hydrogens is 995 g/mol. The Balaban J connectivity index is 5.14. The summed E-state index contributed by atoms with van der Waals surface area (Å²) in [5.41, 5.74) is 0. The van der Waals surface area contributed by atoms with E-state index in [1.807, 2.05) is 0 Å². The van der Waals surface area contributed by atoms with E-state index in [9.17, 15) is 43.2 Å². The van der Waals surface area contributed by atoms with Gasteiger partial charge in [-0.05, 0) is 31.6 Å². The average Bonchev–Trinajstić information content (AvgIpc) is 3.37. The van der Waals surface area contributed by atoms with Crippen LogP contribution in [0.15, 0.2) is 0 Å². The van der Waals surface area contributed by atoms with E-state index in [2.05, 4.69) is 34.6 Å². The number of phosphoric ester groups is 2. The largest absolute Gasteiger partial charge is 0.472 e. The first-order valence-electron chi connectivity index (χ1n) is 29.2. The monoisotopic (exact) mass is 1100 g/mol. The predicted molar refractivity (Wildman–Crippen MR) is 289 cm³/mol. The highest BCUT2D eigenvalue weighted by Crippen LogP contribution is 2.45. The van der Waals surface area contributed by atoms with Gasteiger partial charge in [0.15, 0.2) is 12.2 Å². The molecule has 0 aliphatic rings. The standard InChI is InChI=1S/C55H106O17P2/c1-6-10-13-16-17-18-19-20-21-22-23-24-31-36-41-55(60)72-51(45-66-53(58)39-34-30-26-25-29-32-37-48(5)9-4)47-70-74(63,64)68-43-49(56)42-67-73(61,62)69-46-50(71-54(59)40-35-28-15-12-8-3)44-65-52(57)38-33-27-14-11-7-2/h48-51,56H,6-47H2,1-5H3,(H,61,62)(H,63,64)/t48?,49-,50+,51+/m0/s1. The van der Waals surface area contributed by atoms with Crippen molar-refractivity contribution in [3.8, 4) is 0 Å². The number of carbonyl (C=O) groups is 4. The van der Waals surface area contributed by atoms with Gasteiger partial charge in [-0.3, -0.25) is 37.3 Å². The summed E-state index contributed by atoms with van der Waals surface area (Å²) in [6, 6.07) is 0. The zero-order valence-electron chi connectivity index (χ0n) is 47.0. The number of esters is 4. The third-order valence-electron chi connectivity index (χ3n) is 12.9. The third kappa shape index (κ3) is 48.4. The van der Waals surface area contributed by atoms with Crippen molar-refractivity contribution >= 4 is 39.5 Å². The molecular formula is C55H106O17P2. The molecule has 0 heterocycles. The van der Waals surface area contributed by atoms with E-state index in [1.165, 1.54) is 77.0 Å². The molecule has 3 unspecified atom stereocenters. The molecule has 0 amide bonds. The Hall–Kier alpha value is -1.94. The van der Waals surface area contributed by atoms with Crippen LogP contribution in [-0.2, 0) is 65.4 Å². The molecule has 0 saturated carbocycles. The second-order valence-corrected chi connectivity index (χ2v) is 23.1. The second-order valence-electron chi connectivity index (χ2n) is 20.2. The van der Waals surface area contributed by atoms with Crippen LogP contribution < -0.4 is 0 Å². The number of ether oxygens (including phenoxy) is 4. The SMILES string of the molecule is CCCCCCCCCCCCCCCCC(=O)O[C@H](COC(=O)CCCCCCCCC(C)CC)COP(=O)(O)OC[C@@H](O)COP(=O)(O)OC[C@@H](COC(=O)CCCCCCC)OC(=O)CCCCCCC. The predicted octanol–water partition coefficient (Wildman–Crippen LogP) is 14.3. The van der Waals surface area contributed by atoms with E-state index >= 15 is 0 Å². The summed E-state index contributed by atoms with van der Waals surface area (Å²) in [7, 11) is -9.85. The molecule has 0 radical (unpaired) electrons. The van der Waals surface area contributed by atoms with Gasteiger partial charge in [0.2, 0.25) is 0 Å². The lowest BCUT2D eigenvalue weighted by Crippen LogP contribution is -2.30. The van der Waals surface area contributed by atoms with Crippen molar-refractivity contribution in [1.82, 2.24) is 0 Å². The van der Waals surface area contributed by atoms with Gasteiger partial charge in [-0.15, -0.1) is 0 Å². The maximum absolute atomic E-state index is 12.9. The second kappa shape index (κ2) is 49.4. The van der Waals surface area contributed by atoms with Gasteiger partial charge in [0.25, 0.3) is 0 Å². The highest BCUT2D eigenvalue weighted by Gasteiger charge is 2.30. The Kier molecular flexibility index (Phi) is 48.1. The molecule has 74 heavy (non-hydrogen) atoms. The summed E-state index contributed by atoms with van der Waals surface area (Å²) in [5.74, 6) is -1.44. The maximum Gasteiger partial charge on any atom is 0.472 e. The molecule has 0 bridgehead atoms. The Morgan fingerprint density at radius 3 is 0.959 bits per heavy atom. The van der Waals surface area contributed by atoms with Crippen molar-refractivity contribution in [2.75, 3.05) is 39.6 Å². The van der Waals surface area contributed by atoms with Gasteiger partial charge >= 0.3 is 39.5 Å². The minimum absolute atomic E-state index is 0.0986. The first kappa shape index (κ1) is 72.1. The summed E-state index contributed by atoms with van der Waals surface area (Å²) in [6.45, 7) is 6.90. The molecule has 6 atom stereocenters.